The van der Waals surface area contributed by atoms with E-state index in [4.69, 9.17) is 16.3 Å². The highest BCUT2D eigenvalue weighted by atomic mass is 35.5. The van der Waals surface area contributed by atoms with E-state index in [-0.39, 0.29) is 23.2 Å². The molecule has 0 atom stereocenters. The third-order valence-electron chi connectivity index (χ3n) is 3.49. The zero-order chi connectivity index (χ0) is 19.4. The number of ether oxygens (including phenoxy) is 1. The van der Waals surface area contributed by atoms with E-state index in [1.165, 1.54) is 17.1 Å². The molecule has 140 valence electrons. The Morgan fingerprint density at radius 3 is 2.74 bits per heavy atom. The van der Waals surface area contributed by atoms with Gasteiger partial charge < -0.3 is 10.1 Å². The number of benzene rings is 2. The van der Waals surface area contributed by atoms with Crippen LogP contribution in [0.5, 0.6) is 0 Å². The number of alkyl halides is 3. The summed E-state index contributed by atoms with van der Waals surface area (Å²) in [6.45, 7) is 3.82. The van der Waals surface area contributed by atoms with Gasteiger partial charge in [-0.2, -0.15) is 13.2 Å². The minimum absolute atomic E-state index is 0.0956. The molecule has 0 spiro atoms. The second kappa shape index (κ2) is 7.67. The molecule has 0 radical (unpaired) electrons. The van der Waals surface area contributed by atoms with E-state index in [0.717, 1.165) is 23.4 Å². The molecule has 0 aliphatic carbocycles. The van der Waals surface area contributed by atoms with Crippen LogP contribution in [0.1, 0.15) is 11.1 Å². The van der Waals surface area contributed by atoms with Gasteiger partial charge in [0.05, 0.1) is 16.3 Å². The van der Waals surface area contributed by atoms with Crippen molar-refractivity contribution in [2.75, 3.05) is 5.32 Å². The summed E-state index contributed by atoms with van der Waals surface area (Å²) < 4.78 is 45.7. The lowest BCUT2D eigenvalue weighted by molar-refractivity contribution is -0.137. The van der Waals surface area contributed by atoms with Gasteiger partial charge in [-0.1, -0.05) is 23.7 Å². The summed E-state index contributed by atoms with van der Waals surface area (Å²) in [5.41, 5.74) is 0.778. The van der Waals surface area contributed by atoms with Crippen molar-refractivity contribution in [3.63, 3.8) is 0 Å². The van der Waals surface area contributed by atoms with Gasteiger partial charge in [0.2, 0.25) is 0 Å². The van der Waals surface area contributed by atoms with Gasteiger partial charge >= 0.3 is 6.18 Å². The second-order valence-corrected chi connectivity index (χ2v) is 5.86. The predicted molar refractivity (Wildman–Crippen MR) is 93.2 cm³/mol. The number of rotatable bonds is 6. The van der Waals surface area contributed by atoms with Crippen molar-refractivity contribution < 1.29 is 17.9 Å². The molecule has 27 heavy (non-hydrogen) atoms. The number of nitrogens with one attached hydrogen (secondary N) is 1. The van der Waals surface area contributed by atoms with E-state index < -0.39 is 11.7 Å². The Kier molecular flexibility index (Phi) is 5.31. The van der Waals surface area contributed by atoms with Crippen LogP contribution in [0.15, 0.2) is 61.3 Å². The maximum Gasteiger partial charge on any atom is 0.417 e. The SMILES string of the molecule is C=C(Nc1ccc(Cl)c(C(F)(F)F)c1)OCc1cccc(-n2cnnn2)c1. The first-order valence-corrected chi connectivity index (χ1v) is 7.98. The van der Waals surface area contributed by atoms with E-state index in [9.17, 15) is 13.2 Å². The van der Waals surface area contributed by atoms with Crippen molar-refractivity contribution in [1.82, 2.24) is 20.2 Å². The van der Waals surface area contributed by atoms with Gasteiger partial charge in [-0.15, -0.1) is 5.10 Å². The molecule has 0 fully saturated rings. The largest absolute Gasteiger partial charge is 0.475 e. The van der Waals surface area contributed by atoms with Crippen LogP contribution in [0.3, 0.4) is 0 Å². The molecule has 2 aromatic carbocycles. The van der Waals surface area contributed by atoms with E-state index in [1.807, 2.05) is 18.2 Å². The van der Waals surface area contributed by atoms with E-state index in [1.54, 1.807) is 6.07 Å². The van der Waals surface area contributed by atoms with Gasteiger partial charge in [-0.25, -0.2) is 4.68 Å². The molecule has 0 amide bonds. The van der Waals surface area contributed by atoms with Crippen LogP contribution >= 0.6 is 11.6 Å². The van der Waals surface area contributed by atoms with Crippen molar-refractivity contribution in [1.29, 1.82) is 0 Å². The maximum absolute atomic E-state index is 12.9. The monoisotopic (exact) mass is 395 g/mol. The van der Waals surface area contributed by atoms with Crippen molar-refractivity contribution in [2.45, 2.75) is 12.8 Å². The summed E-state index contributed by atoms with van der Waals surface area (Å²) in [4.78, 5) is 0. The molecule has 1 aromatic heterocycles. The topological polar surface area (TPSA) is 64.9 Å². The minimum atomic E-state index is -4.55. The van der Waals surface area contributed by atoms with Crippen LogP contribution in [-0.4, -0.2) is 20.2 Å². The quantitative estimate of drug-likeness (QED) is 0.625. The molecule has 0 aliphatic rings. The molecule has 3 rings (SSSR count). The first-order chi connectivity index (χ1) is 12.8. The van der Waals surface area contributed by atoms with E-state index in [0.29, 0.717) is 0 Å². The summed E-state index contributed by atoms with van der Waals surface area (Å²) >= 11 is 5.60. The molecule has 0 saturated carbocycles. The van der Waals surface area contributed by atoms with Crippen LogP contribution in [0.25, 0.3) is 5.69 Å². The maximum atomic E-state index is 12.9. The Balaban J connectivity index is 1.63. The van der Waals surface area contributed by atoms with Crippen molar-refractivity contribution in [3.05, 3.63) is 77.4 Å². The first kappa shape index (κ1) is 18.7. The molecule has 1 heterocycles. The van der Waals surface area contributed by atoms with Crippen LogP contribution in [-0.2, 0) is 17.5 Å². The Morgan fingerprint density at radius 1 is 1.22 bits per heavy atom. The number of hydrogen-bond acceptors (Lipinski definition) is 5. The van der Waals surface area contributed by atoms with E-state index >= 15 is 0 Å². The van der Waals surface area contributed by atoms with Crippen LogP contribution in [0.4, 0.5) is 18.9 Å². The zero-order valence-corrected chi connectivity index (χ0v) is 14.5. The second-order valence-electron chi connectivity index (χ2n) is 5.45. The fourth-order valence-electron chi connectivity index (χ4n) is 2.26. The average Bonchev–Trinajstić information content (AvgIpc) is 3.16. The summed E-state index contributed by atoms with van der Waals surface area (Å²) in [6, 6.07) is 10.7. The van der Waals surface area contributed by atoms with E-state index in [2.05, 4.69) is 27.4 Å². The highest BCUT2D eigenvalue weighted by molar-refractivity contribution is 6.31. The number of tetrazole rings is 1. The van der Waals surface area contributed by atoms with Gasteiger partial charge in [-0.3, -0.25) is 0 Å². The molecule has 0 saturated heterocycles. The number of halogens is 4. The highest BCUT2D eigenvalue weighted by Gasteiger charge is 2.33. The molecular weight excluding hydrogens is 383 g/mol. The Hall–Kier alpha value is -3.07. The highest BCUT2D eigenvalue weighted by Crippen LogP contribution is 2.36. The standard InChI is InChI=1S/C17H13ClF3N5O/c1-11(23-13-5-6-16(18)15(8-13)17(19,20)21)27-9-12-3-2-4-14(7-12)26-10-22-24-25-26/h2-8,10,23H,1,9H2. The smallest absolute Gasteiger partial charge is 0.417 e. The number of hydrogen-bond donors (Lipinski definition) is 1. The lowest BCUT2D eigenvalue weighted by atomic mass is 10.2. The van der Waals surface area contributed by atoms with Crippen LogP contribution in [0, 0.1) is 0 Å². The number of anilines is 1. The van der Waals surface area contributed by atoms with Crippen LogP contribution in [0.2, 0.25) is 5.02 Å². The lowest BCUT2D eigenvalue weighted by Crippen LogP contribution is -2.08. The third kappa shape index (κ3) is 4.76. The third-order valence-corrected chi connectivity index (χ3v) is 3.82. The molecule has 0 bridgehead atoms. The Bertz CT molecular complexity index is 944. The van der Waals surface area contributed by atoms with Gasteiger partial charge in [0.25, 0.3) is 0 Å². The minimum Gasteiger partial charge on any atom is -0.475 e. The average molecular weight is 396 g/mol. The Morgan fingerprint density at radius 2 is 2.04 bits per heavy atom. The molecule has 6 nitrogen and oxygen atoms in total. The summed E-state index contributed by atoms with van der Waals surface area (Å²) in [6.07, 6.45) is -3.09. The van der Waals surface area contributed by atoms with Crippen molar-refractivity contribution in [2.24, 2.45) is 0 Å². The van der Waals surface area contributed by atoms with Gasteiger partial charge in [-0.05, 0) is 52.9 Å². The van der Waals surface area contributed by atoms with Crippen molar-refractivity contribution >= 4 is 17.3 Å². The van der Waals surface area contributed by atoms with Crippen LogP contribution < -0.4 is 5.32 Å². The molecule has 1 N–H and O–H groups in total. The predicted octanol–water partition coefficient (Wildman–Crippen LogP) is 4.43. The summed E-state index contributed by atoms with van der Waals surface area (Å²) in [5.74, 6) is 0.0956. The molecular formula is C17H13ClF3N5O. The first-order valence-electron chi connectivity index (χ1n) is 7.61. The fourth-order valence-corrected chi connectivity index (χ4v) is 2.48. The molecule has 0 aliphatic heterocycles. The molecule has 3 aromatic rings. The zero-order valence-electron chi connectivity index (χ0n) is 13.7. The summed E-state index contributed by atoms with van der Waals surface area (Å²) in [5, 5.41) is 13.2. The number of aromatic nitrogens is 4. The summed E-state index contributed by atoms with van der Waals surface area (Å²) in [7, 11) is 0. The van der Waals surface area contributed by atoms with Gasteiger partial charge in [0, 0.05) is 5.69 Å². The lowest BCUT2D eigenvalue weighted by Gasteiger charge is -2.14. The van der Waals surface area contributed by atoms with Gasteiger partial charge in [0.15, 0.2) is 5.88 Å². The van der Waals surface area contributed by atoms with Crippen molar-refractivity contribution in [3.8, 4) is 5.69 Å². The number of nitrogens with zero attached hydrogens (tertiary/aromatic N) is 4. The van der Waals surface area contributed by atoms with Gasteiger partial charge in [0.1, 0.15) is 12.9 Å². The molecule has 10 heteroatoms. The molecule has 0 unspecified atom stereocenters. The fraction of sp³-hybridized carbons (Fsp3) is 0.118. The normalized spacial score (nSPS) is 11.3. The Labute approximate surface area is 157 Å².